The zero-order chi connectivity index (χ0) is 32.6. The van der Waals surface area contributed by atoms with Crippen LogP contribution in [0.3, 0.4) is 0 Å². The number of hydrogen-bond donors (Lipinski definition) is 0. The third kappa shape index (κ3) is 5.56. The van der Waals surface area contributed by atoms with Crippen LogP contribution < -0.4 is 0 Å². The normalized spacial score (nSPS) is 11.3. The van der Waals surface area contributed by atoms with Crippen molar-refractivity contribution >= 4 is 21.8 Å². The Balaban J connectivity index is 1.02. The van der Waals surface area contributed by atoms with E-state index in [0.29, 0.717) is 0 Å². The average molecular weight is 627 g/mol. The Hall–Kier alpha value is -6.65. The van der Waals surface area contributed by atoms with Gasteiger partial charge in [0, 0.05) is 22.4 Å². The van der Waals surface area contributed by atoms with Crippen molar-refractivity contribution < 1.29 is 0 Å². The maximum atomic E-state index is 5.00. The van der Waals surface area contributed by atoms with E-state index in [1.54, 1.807) is 0 Å². The number of nitrogens with zero attached hydrogens (tertiary/aromatic N) is 4. The van der Waals surface area contributed by atoms with Gasteiger partial charge in [-0.3, -0.25) is 4.57 Å². The van der Waals surface area contributed by atoms with E-state index >= 15 is 0 Å². The molecular formula is C45H30N4. The van der Waals surface area contributed by atoms with Crippen LogP contribution in [-0.2, 0) is 0 Å². The Morgan fingerprint density at radius 1 is 0.367 bits per heavy atom. The van der Waals surface area contributed by atoms with Crippen LogP contribution >= 0.6 is 0 Å². The molecule has 0 spiro atoms. The second kappa shape index (κ2) is 12.2. The number of imidazole rings is 1. The van der Waals surface area contributed by atoms with Crippen molar-refractivity contribution in [3.63, 3.8) is 0 Å². The minimum atomic E-state index is 0.719. The summed E-state index contributed by atoms with van der Waals surface area (Å²) in [4.78, 5) is 14.5. The van der Waals surface area contributed by atoms with E-state index in [1.165, 1.54) is 27.5 Å². The van der Waals surface area contributed by atoms with Gasteiger partial charge in [-0.05, 0) is 75.5 Å². The fourth-order valence-electron chi connectivity index (χ4n) is 6.49. The summed E-state index contributed by atoms with van der Waals surface area (Å²) in [5, 5.41) is 2.42. The SMILES string of the molecule is c1ccc(-c2cc(-c3ccc(-c4ccc5ccc(-c6ccc(-n7cnc8ccccc87)cc6)cc5c4)cc3)nc(-c3ccccc3)n2)cc1. The third-order valence-electron chi connectivity index (χ3n) is 9.11. The first kappa shape index (κ1) is 28.6. The number of benzene rings is 7. The molecule has 0 aliphatic carbocycles. The van der Waals surface area contributed by atoms with E-state index in [2.05, 4.69) is 131 Å². The molecule has 0 bridgehead atoms. The number of hydrogen-bond acceptors (Lipinski definition) is 3. The number of para-hydroxylation sites is 2. The van der Waals surface area contributed by atoms with Crippen LogP contribution in [-0.4, -0.2) is 19.5 Å². The van der Waals surface area contributed by atoms with E-state index in [1.807, 2.05) is 60.9 Å². The summed E-state index contributed by atoms with van der Waals surface area (Å²) in [6, 6.07) is 61.5. The molecule has 0 N–H and O–H groups in total. The number of aromatic nitrogens is 4. The first-order valence-corrected chi connectivity index (χ1v) is 16.4. The fourth-order valence-corrected chi connectivity index (χ4v) is 6.49. The summed E-state index contributed by atoms with van der Waals surface area (Å²) in [5.74, 6) is 0.719. The summed E-state index contributed by atoms with van der Waals surface area (Å²) in [6.45, 7) is 0. The molecule has 0 saturated heterocycles. The second-order valence-corrected chi connectivity index (χ2v) is 12.2. The van der Waals surface area contributed by atoms with Gasteiger partial charge in [0.2, 0.25) is 0 Å². The van der Waals surface area contributed by atoms with E-state index in [0.717, 1.165) is 56.2 Å². The molecule has 0 fully saturated rings. The molecule has 4 heteroatoms. The molecule has 49 heavy (non-hydrogen) atoms. The number of rotatable bonds is 6. The van der Waals surface area contributed by atoms with Gasteiger partial charge >= 0.3 is 0 Å². The van der Waals surface area contributed by atoms with Gasteiger partial charge in [-0.1, -0.05) is 133 Å². The van der Waals surface area contributed by atoms with Crippen LogP contribution in [0.15, 0.2) is 182 Å². The third-order valence-corrected chi connectivity index (χ3v) is 9.11. The summed E-state index contributed by atoms with van der Waals surface area (Å²) in [6.07, 6.45) is 1.89. The molecule has 0 unspecified atom stereocenters. The van der Waals surface area contributed by atoms with Gasteiger partial charge in [0.25, 0.3) is 0 Å². The van der Waals surface area contributed by atoms with Crippen molar-refractivity contribution in [1.82, 2.24) is 19.5 Å². The summed E-state index contributed by atoms with van der Waals surface area (Å²) >= 11 is 0. The van der Waals surface area contributed by atoms with E-state index < -0.39 is 0 Å². The second-order valence-electron chi connectivity index (χ2n) is 12.2. The van der Waals surface area contributed by atoms with E-state index in [4.69, 9.17) is 9.97 Å². The lowest BCUT2D eigenvalue weighted by Crippen LogP contribution is -1.95. The van der Waals surface area contributed by atoms with Crippen LogP contribution in [0.5, 0.6) is 0 Å². The van der Waals surface area contributed by atoms with Crippen molar-refractivity contribution in [2.75, 3.05) is 0 Å². The quantitative estimate of drug-likeness (QED) is 0.184. The molecule has 4 nitrogen and oxygen atoms in total. The van der Waals surface area contributed by atoms with Crippen molar-refractivity contribution in [2.24, 2.45) is 0 Å². The number of fused-ring (bicyclic) bond motifs is 2. The first-order valence-electron chi connectivity index (χ1n) is 16.4. The molecule has 0 atom stereocenters. The zero-order valence-corrected chi connectivity index (χ0v) is 26.6. The topological polar surface area (TPSA) is 43.6 Å². The molecule has 230 valence electrons. The van der Waals surface area contributed by atoms with Gasteiger partial charge in [0.15, 0.2) is 5.82 Å². The van der Waals surface area contributed by atoms with Gasteiger partial charge < -0.3 is 0 Å². The van der Waals surface area contributed by atoms with Crippen LogP contribution in [0.25, 0.3) is 83.6 Å². The van der Waals surface area contributed by atoms with Gasteiger partial charge in [0.05, 0.1) is 22.4 Å². The predicted octanol–water partition coefficient (Wildman–Crippen LogP) is 11.3. The molecule has 0 aliphatic heterocycles. The zero-order valence-electron chi connectivity index (χ0n) is 26.6. The molecular weight excluding hydrogens is 597 g/mol. The standard InChI is InChI=1S/C45H30N4/c1-3-9-34(10-4-1)42-29-43(48-45(47-42)36-11-5-2-6-12-36)35-19-15-31(16-20-35)37-21-17-33-18-22-38(28-39(33)27-37)32-23-25-40(26-24-32)49-30-46-41-13-7-8-14-44(41)49/h1-30H. The molecule has 7 aromatic carbocycles. The van der Waals surface area contributed by atoms with E-state index in [9.17, 15) is 0 Å². The van der Waals surface area contributed by atoms with Gasteiger partial charge in [-0.15, -0.1) is 0 Å². The van der Waals surface area contributed by atoms with Gasteiger partial charge in [-0.25, -0.2) is 15.0 Å². The highest BCUT2D eigenvalue weighted by atomic mass is 15.0. The summed E-state index contributed by atoms with van der Waals surface area (Å²) in [7, 11) is 0. The smallest absolute Gasteiger partial charge is 0.160 e. The highest BCUT2D eigenvalue weighted by molar-refractivity contribution is 5.91. The lowest BCUT2D eigenvalue weighted by molar-refractivity contribution is 1.09. The van der Waals surface area contributed by atoms with E-state index in [-0.39, 0.29) is 0 Å². The Kier molecular flexibility index (Phi) is 7.10. The lowest BCUT2D eigenvalue weighted by atomic mass is 9.96. The highest BCUT2D eigenvalue weighted by Crippen LogP contribution is 2.32. The molecule has 0 aliphatic rings. The van der Waals surface area contributed by atoms with Crippen molar-refractivity contribution in [2.45, 2.75) is 0 Å². The first-order chi connectivity index (χ1) is 24.2. The largest absolute Gasteiger partial charge is 0.299 e. The Bertz CT molecular complexity index is 2510. The minimum absolute atomic E-state index is 0.719. The summed E-state index contributed by atoms with van der Waals surface area (Å²) < 4.78 is 2.13. The monoisotopic (exact) mass is 626 g/mol. The van der Waals surface area contributed by atoms with Crippen molar-refractivity contribution in [3.05, 3.63) is 182 Å². The molecule has 0 saturated carbocycles. The highest BCUT2D eigenvalue weighted by Gasteiger charge is 2.11. The van der Waals surface area contributed by atoms with Crippen LogP contribution in [0, 0.1) is 0 Å². The maximum Gasteiger partial charge on any atom is 0.160 e. The molecule has 0 amide bonds. The molecule has 2 heterocycles. The lowest BCUT2D eigenvalue weighted by Gasteiger charge is -2.11. The predicted molar refractivity (Wildman–Crippen MR) is 201 cm³/mol. The van der Waals surface area contributed by atoms with Crippen molar-refractivity contribution in [3.8, 4) is 61.8 Å². The van der Waals surface area contributed by atoms with Crippen molar-refractivity contribution in [1.29, 1.82) is 0 Å². The van der Waals surface area contributed by atoms with Crippen LogP contribution in [0.1, 0.15) is 0 Å². The molecule has 9 aromatic rings. The average Bonchev–Trinajstić information content (AvgIpc) is 3.62. The molecule has 0 radical (unpaired) electrons. The Morgan fingerprint density at radius 2 is 0.878 bits per heavy atom. The minimum Gasteiger partial charge on any atom is -0.299 e. The molecule has 9 rings (SSSR count). The van der Waals surface area contributed by atoms with Crippen LogP contribution in [0.2, 0.25) is 0 Å². The van der Waals surface area contributed by atoms with Crippen LogP contribution in [0.4, 0.5) is 0 Å². The Labute approximate surface area is 284 Å². The van der Waals surface area contributed by atoms with Gasteiger partial charge in [-0.2, -0.15) is 0 Å². The summed E-state index contributed by atoms with van der Waals surface area (Å²) in [5.41, 5.74) is 12.8. The maximum absolute atomic E-state index is 5.00. The fraction of sp³-hybridized carbons (Fsp3) is 0. The molecule has 2 aromatic heterocycles. The Morgan fingerprint density at radius 3 is 1.53 bits per heavy atom. The van der Waals surface area contributed by atoms with Gasteiger partial charge in [0.1, 0.15) is 6.33 Å².